The molecule has 0 rings (SSSR count). The van der Waals surface area contributed by atoms with E-state index in [4.69, 9.17) is 0 Å². The van der Waals surface area contributed by atoms with Gasteiger partial charge in [0.05, 0.1) is 6.54 Å². The Morgan fingerprint density at radius 2 is 1.93 bits per heavy atom. The Morgan fingerprint density at radius 3 is 2.36 bits per heavy atom. The van der Waals surface area contributed by atoms with Crippen molar-refractivity contribution in [2.75, 3.05) is 13.1 Å². The molecule has 1 atom stereocenters. The van der Waals surface area contributed by atoms with Gasteiger partial charge in [-0.15, -0.1) is 0 Å². The first-order chi connectivity index (χ1) is 6.43. The van der Waals surface area contributed by atoms with Crippen LogP contribution in [0.1, 0.15) is 20.8 Å². The zero-order valence-corrected chi connectivity index (χ0v) is 10.6. The first-order valence-electron chi connectivity index (χ1n) is 4.76. The number of carbonyl (C=O) groups is 1. The third-order valence-corrected chi connectivity index (χ3v) is 2.27. The molecule has 82 valence electrons. The van der Waals surface area contributed by atoms with Gasteiger partial charge in [0.1, 0.15) is 0 Å². The van der Waals surface area contributed by atoms with E-state index < -0.39 is 0 Å². The topological polar surface area (TPSA) is 41.1 Å². The molecule has 0 aromatic heterocycles. The van der Waals surface area contributed by atoms with Gasteiger partial charge in [-0.05, 0) is 12.8 Å². The van der Waals surface area contributed by atoms with Crippen LogP contribution in [0.5, 0.6) is 0 Å². The first kappa shape index (κ1) is 13.7. The maximum Gasteiger partial charge on any atom is 0.234 e. The quantitative estimate of drug-likeness (QED) is 0.765. The average molecular weight is 263 g/mol. The maximum atomic E-state index is 11.3. The van der Waals surface area contributed by atoms with Gasteiger partial charge >= 0.3 is 0 Å². The Labute approximate surface area is 94.5 Å². The van der Waals surface area contributed by atoms with Gasteiger partial charge in [-0.25, -0.2) is 0 Å². The van der Waals surface area contributed by atoms with Crippen LogP contribution in [0.4, 0.5) is 0 Å². The smallest absolute Gasteiger partial charge is 0.234 e. The lowest BCUT2D eigenvalue weighted by molar-refractivity contribution is -0.121. The molecular weight excluding hydrogens is 244 g/mol. The Balaban J connectivity index is 3.60. The molecule has 0 aromatic rings. The van der Waals surface area contributed by atoms with Gasteiger partial charge in [0.15, 0.2) is 0 Å². The van der Waals surface area contributed by atoms with Crippen molar-refractivity contribution in [1.29, 1.82) is 0 Å². The number of rotatable bonds is 6. The Kier molecular flexibility index (Phi) is 6.83. The molecule has 0 aliphatic carbocycles. The number of carbonyl (C=O) groups excluding carboxylic acids is 1. The van der Waals surface area contributed by atoms with E-state index in [-0.39, 0.29) is 11.9 Å². The second-order valence-corrected chi connectivity index (χ2v) is 4.84. The molecule has 0 radical (unpaired) electrons. The Morgan fingerprint density at radius 1 is 1.36 bits per heavy atom. The minimum Gasteiger partial charge on any atom is -0.352 e. The standard InChI is InChI=1S/C10H19BrN2O/c1-7(2)9(4)13-10(14)6-12-5-8(3)11/h7,9,12H,3,5-6H2,1-2,4H3,(H,13,14). The lowest BCUT2D eigenvalue weighted by Crippen LogP contribution is -2.41. The first-order valence-corrected chi connectivity index (χ1v) is 5.56. The third kappa shape index (κ3) is 7.09. The predicted octanol–water partition coefficient (Wildman–Crippen LogP) is 1.65. The van der Waals surface area contributed by atoms with E-state index in [1.807, 2.05) is 6.92 Å². The van der Waals surface area contributed by atoms with Crippen LogP contribution < -0.4 is 10.6 Å². The van der Waals surface area contributed by atoms with Crippen molar-refractivity contribution < 1.29 is 4.79 Å². The van der Waals surface area contributed by atoms with Crippen LogP contribution in [-0.2, 0) is 4.79 Å². The van der Waals surface area contributed by atoms with E-state index in [2.05, 4.69) is 47.0 Å². The zero-order chi connectivity index (χ0) is 11.1. The van der Waals surface area contributed by atoms with Crippen molar-refractivity contribution in [3.63, 3.8) is 0 Å². The molecule has 0 fully saturated rings. The van der Waals surface area contributed by atoms with Gasteiger partial charge in [0, 0.05) is 17.1 Å². The van der Waals surface area contributed by atoms with Crippen LogP contribution in [0, 0.1) is 5.92 Å². The highest BCUT2D eigenvalue weighted by Gasteiger charge is 2.09. The molecule has 0 aliphatic rings. The fourth-order valence-electron chi connectivity index (χ4n) is 0.783. The lowest BCUT2D eigenvalue weighted by atomic mass is 10.1. The summed E-state index contributed by atoms with van der Waals surface area (Å²) in [5, 5.41) is 5.88. The minimum atomic E-state index is 0.0277. The van der Waals surface area contributed by atoms with Crippen LogP contribution in [-0.4, -0.2) is 25.0 Å². The Hall–Kier alpha value is -0.350. The van der Waals surface area contributed by atoms with Crippen LogP contribution in [0.3, 0.4) is 0 Å². The summed E-state index contributed by atoms with van der Waals surface area (Å²) in [6, 6.07) is 0.219. The van der Waals surface area contributed by atoms with E-state index >= 15 is 0 Å². The van der Waals surface area contributed by atoms with Crippen molar-refractivity contribution in [3.05, 3.63) is 11.1 Å². The molecule has 0 saturated heterocycles. The van der Waals surface area contributed by atoms with Crippen LogP contribution in [0.2, 0.25) is 0 Å². The summed E-state index contributed by atoms with van der Waals surface area (Å²) < 4.78 is 0.849. The molecule has 1 unspecified atom stereocenters. The fourth-order valence-corrected chi connectivity index (χ4v) is 0.982. The average Bonchev–Trinajstić information content (AvgIpc) is 2.02. The molecule has 14 heavy (non-hydrogen) atoms. The van der Waals surface area contributed by atoms with Gasteiger partial charge in [-0.1, -0.05) is 36.4 Å². The molecule has 0 bridgehead atoms. The summed E-state index contributed by atoms with van der Waals surface area (Å²) in [6.45, 7) is 10.8. The molecule has 0 spiro atoms. The lowest BCUT2D eigenvalue weighted by Gasteiger charge is -2.17. The monoisotopic (exact) mass is 262 g/mol. The molecule has 1 amide bonds. The second kappa shape index (κ2) is 7.01. The summed E-state index contributed by atoms with van der Waals surface area (Å²) in [7, 11) is 0. The summed E-state index contributed by atoms with van der Waals surface area (Å²) >= 11 is 3.21. The van der Waals surface area contributed by atoms with Crippen LogP contribution >= 0.6 is 15.9 Å². The third-order valence-electron chi connectivity index (χ3n) is 1.99. The Bertz CT molecular complexity index is 204. The number of halogens is 1. The number of amides is 1. The van der Waals surface area contributed by atoms with Crippen molar-refractivity contribution in [2.45, 2.75) is 26.8 Å². The summed E-state index contributed by atoms with van der Waals surface area (Å²) in [4.78, 5) is 11.3. The van der Waals surface area contributed by atoms with Gasteiger partial charge in [-0.2, -0.15) is 0 Å². The van der Waals surface area contributed by atoms with E-state index in [0.29, 0.717) is 19.0 Å². The number of nitrogens with one attached hydrogen (secondary N) is 2. The highest BCUT2D eigenvalue weighted by Crippen LogP contribution is 1.99. The largest absolute Gasteiger partial charge is 0.352 e. The highest BCUT2D eigenvalue weighted by atomic mass is 79.9. The molecule has 0 aromatic carbocycles. The van der Waals surface area contributed by atoms with Gasteiger partial charge in [0.25, 0.3) is 0 Å². The molecule has 0 heterocycles. The minimum absolute atomic E-state index is 0.0277. The van der Waals surface area contributed by atoms with E-state index in [1.54, 1.807) is 0 Å². The van der Waals surface area contributed by atoms with Crippen molar-refractivity contribution in [2.24, 2.45) is 5.92 Å². The SMILES string of the molecule is C=C(Br)CNCC(=O)NC(C)C(C)C. The fraction of sp³-hybridized carbons (Fsp3) is 0.700. The van der Waals surface area contributed by atoms with Gasteiger partial charge in [-0.3, -0.25) is 4.79 Å². The maximum absolute atomic E-state index is 11.3. The molecule has 0 aliphatic heterocycles. The van der Waals surface area contributed by atoms with Crippen LogP contribution in [0.15, 0.2) is 11.1 Å². The molecule has 0 saturated carbocycles. The summed E-state index contributed by atoms with van der Waals surface area (Å²) in [5.74, 6) is 0.491. The number of hydrogen-bond donors (Lipinski definition) is 2. The zero-order valence-electron chi connectivity index (χ0n) is 9.06. The van der Waals surface area contributed by atoms with Gasteiger partial charge < -0.3 is 10.6 Å². The predicted molar refractivity (Wildman–Crippen MR) is 63.4 cm³/mol. The molecular formula is C10H19BrN2O. The van der Waals surface area contributed by atoms with E-state index in [9.17, 15) is 4.79 Å². The van der Waals surface area contributed by atoms with Crippen molar-refractivity contribution >= 4 is 21.8 Å². The van der Waals surface area contributed by atoms with Gasteiger partial charge in [0.2, 0.25) is 5.91 Å². The second-order valence-electron chi connectivity index (χ2n) is 3.72. The summed E-state index contributed by atoms with van der Waals surface area (Å²) in [6.07, 6.45) is 0. The normalized spacial score (nSPS) is 12.6. The summed E-state index contributed by atoms with van der Waals surface area (Å²) in [5.41, 5.74) is 0. The van der Waals surface area contributed by atoms with Crippen molar-refractivity contribution in [1.82, 2.24) is 10.6 Å². The molecule has 4 heteroatoms. The number of hydrogen-bond acceptors (Lipinski definition) is 2. The molecule has 3 nitrogen and oxygen atoms in total. The van der Waals surface area contributed by atoms with E-state index in [1.165, 1.54) is 0 Å². The highest BCUT2D eigenvalue weighted by molar-refractivity contribution is 9.11. The van der Waals surface area contributed by atoms with Crippen LogP contribution in [0.25, 0.3) is 0 Å². The van der Waals surface area contributed by atoms with Crippen molar-refractivity contribution in [3.8, 4) is 0 Å². The van der Waals surface area contributed by atoms with E-state index in [0.717, 1.165) is 4.48 Å². The molecule has 2 N–H and O–H groups in total.